The minimum Gasteiger partial charge on any atom is -0.496 e. The molecule has 1 aromatic heterocycles. The van der Waals surface area contributed by atoms with Gasteiger partial charge < -0.3 is 4.74 Å². The van der Waals surface area contributed by atoms with Crippen LogP contribution >= 0.6 is 27.3 Å². The van der Waals surface area contributed by atoms with E-state index in [1.54, 1.807) is 35.8 Å². The van der Waals surface area contributed by atoms with Crippen LogP contribution in [0.3, 0.4) is 0 Å². The third-order valence-corrected chi connectivity index (χ3v) is 3.61. The molecule has 1 N–H and O–H groups in total. The highest BCUT2D eigenvalue weighted by molar-refractivity contribution is 9.10. The van der Waals surface area contributed by atoms with Gasteiger partial charge in [-0.2, -0.15) is 5.10 Å². The Morgan fingerprint density at radius 2 is 2.32 bits per heavy atom. The van der Waals surface area contributed by atoms with Crippen LogP contribution in [0.25, 0.3) is 0 Å². The van der Waals surface area contributed by atoms with E-state index in [0.717, 1.165) is 9.35 Å². The Hall–Kier alpha value is -1.66. The van der Waals surface area contributed by atoms with Gasteiger partial charge in [0.05, 0.1) is 18.9 Å². The van der Waals surface area contributed by atoms with Crippen molar-refractivity contribution in [2.45, 2.75) is 0 Å². The van der Waals surface area contributed by atoms with E-state index in [9.17, 15) is 4.79 Å². The molecule has 0 radical (unpaired) electrons. The summed E-state index contributed by atoms with van der Waals surface area (Å²) < 4.78 is 6.01. The van der Waals surface area contributed by atoms with Crippen LogP contribution in [0.2, 0.25) is 0 Å². The summed E-state index contributed by atoms with van der Waals surface area (Å²) in [6.07, 6.45) is 1.61. The van der Waals surface area contributed by atoms with Gasteiger partial charge in [0.15, 0.2) is 0 Å². The van der Waals surface area contributed by atoms with Crippen molar-refractivity contribution < 1.29 is 9.53 Å². The quantitative estimate of drug-likeness (QED) is 0.687. The van der Waals surface area contributed by atoms with Crippen molar-refractivity contribution in [3.8, 4) is 5.75 Å². The highest BCUT2D eigenvalue weighted by atomic mass is 79.9. The summed E-state index contributed by atoms with van der Waals surface area (Å²) in [6.45, 7) is 0. The van der Waals surface area contributed by atoms with Gasteiger partial charge >= 0.3 is 0 Å². The maximum absolute atomic E-state index is 11.9. The van der Waals surface area contributed by atoms with E-state index in [4.69, 9.17) is 4.74 Å². The number of carbonyl (C=O) groups excluding carboxylic acids is 1. The molecule has 1 aromatic carbocycles. The van der Waals surface area contributed by atoms with Gasteiger partial charge in [0.25, 0.3) is 5.91 Å². The molecule has 1 amide bonds. The highest BCUT2D eigenvalue weighted by Gasteiger charge is 2.11. The summed E-state index contributed by atoms with van der Waals surface area (Å²) >= 11 is 4.87. The summed E-state index contributed by atoms with van der Waals surface area (Å²) in [5.41, 5.74) is 2.91. The zero-order valence-electron chi connectivity index (χ0n) is 10.1. The fourth-order valence-electron chi connectivity index (χ4n) is 1.43. The van der Waals surface area contributed by atoms with E-state index in [1.165, 1.54) is 7.11 Å². The number of methoxy groups -OCH3 is 1. The molecule has 0 saturated heterocycles. The van der Waals surface area contributed by atoms with E-state index in [2.05, 4.69) is 26.5 Å². The average Bonchev–Trinajstić information content (AvgIpc) is 2.91. The second-order valence-corrected chi connectivity index (χ2v) is 5.45. The van der Waals surface area contributed by atoms with Crippen molar-refractivity contribution >= 4 is 39.4 Å². The number of ether oxygens (including phenoxy) is 1. The Morgan fingerprint density at radius 1 is 1.47 bits per heavy atom. The maximum Gasteiger partial charge on any atom is 0.275 e. The molecule has 0 unspecified atom stereocenters. The second kappa shape index (κ2) is 6.49. The first-order valence-corrected chi connectivity index (χ1v) is 7.08. The minimum atomic E-state index is -0.308. The van der Waals surface area contributed by atoms with Gasteiger partial charge in [0.2, 0.25) is 0 Å². The summed E-state index contributed by atoms with van der Waals surface area (Å²) in [6, 6.07) is 9.03. The maximum atomic E-state index is 11.9. The summed E-state index contributed by atoms with van der Waals surface area (Å²) in [5, 5.41) is 5.85. The summed E-state index contributed by atoms with van der Waals surface area (Å²) in [5.74, 6) is 0.190. The summed E-state index contributed by atoms with van der Waals surface area (Å²) in [4.78, 5) is 12.9. The number of rotatable bonds is 4. The van der Waals surface area contributed by atoms with Crippen LogP contribution in [-0.2, 0) is 0 Å². The van der Waals surface area contributed by atoms with Gasteiger partial charge in [-0.1, -0.05) is 22.0 Å². The number of amides is 1. The number of benzene rings is 1. The Morgan fingerprint density at radius 3 is 3.00 bits per heavy atom. The number of carbonyl (C=O) groups is 1. The number of nitrogens with zero attached hydrogens (tertiary/aromatic N) is 1. The van der Waals surface area contributed by atoms with E-state index in [-0.39, 0.29) is 5.91 Å². The molecule has 0 saturated carbocycles. The van der Waals surface area contributed by atoms with E-state index < -0.39 is 0 Å². The lowest BCUT2D eigenvalue weighted by atomic mass is 10.2. The molecule has 0 spiro atoms. The molecule has 1 heterocycles. The first kappa shape index (κ1) is 13.8. The Balaban J connectivity index is 2.08. The van der Waals surface area contributed by atoms with Crippen molar-refractivity contribution in [3.63, 3.8) is 0 Å². The fraction of sp³-hybridized carbons (Fsp3) is 0.0769. The van der Waals surface area contributed by atoms with Crippen LogP contribution in [0.4, 0.5) is 0 Å². The van der Waals surface area contributed by atoms with Crippen LogP contribution in [0.1, 0.15) is 15.2 Å². The molecule has 2 aromatic rings. The van der Waals surface area contributed by atoms with Gasteiger partial charge in [-0.15, -0.1) is 11.3 Å². The fourth-order valence-corrected chi connectivity index (χ4v) is 2.36. The Labute approximate surface area is 123 Å². The SMILES string of the molecule is COc1cc(Br)ccc1C(=O)N/N=C\c1cccs1. The number of hydrogen-bond acceptors (Lipinski definition) is 4. The van der Waals surface area contributed by atoms with Gasteiger partial charge in [-0.25, -0.2) is 5.43 Å². The molecule has 0 fully saturated rings. The van der Waals surface area contributed by atoms with Crippen LogP contribution in [0, 0.1) is 0 Å². The molecule has 2 rings (SSSR count). The zero-order chi connectivity index (χ0) is 13.7. The third-order valence-electron chi connectivity index (χ3n) is 2.31. The van der Waals surface area contributed by atoms with Gasteiger partial charge in [0.1, 0.15) is 5.75 Å². The van der Waals surface area contributed by atoms with Crippen molar-refractivity contribution in [2.24, 2.45) is 5.10 Å². The molecule has 0 bridgehead atoms. The van der Waals surface area contributed by atoms with E-state index in [0.29, 0.717) is 11.3 Å². The first-order valence-electron chi connectivity index (χ1n) is 5.41. The summed E-state index contributed by atoms with van der Waals surface area (Å²) in [7, 11) is 1.52. The number of hydrazone groups is 1. The largest absolute Gasteiger partial charge is 0.496 e. The van der Waals surface area contributed by atoms with Gasteiger partial charge in [0, 0.05) is 9.35 Å². The lowest BCUT2D eigenvalue weighted by molar-refractivity contribution is 0.0952. The van der Waals surface area contributed by atoms with Crippen LogP contribution in [-0.4, -0.2) is 19.2 Å². The van der Waals surface area contributed by atoms with E-state index >= 15 is 0 Å². The highest BCUT2D eigenvalue weighted by Crippen LogP contribution is 2.23. The molecule has 0 atom stereocenters. The molecular weight excluding hydrogens is 328 g/mol. The molecule has 6 heteroatoms. The lowest BCUT2D eigenvalue weighted by Gasteiger charge is -2.07. The van der Waals surface area contributed by atoms with Crippen LogP contribution in [0.5, 0.6) is 5.75 Å². The molecular formula is C13H11BrN2O2S. The standard InChI is InChI=1S/C13H11BrN2O2S/c1-18-12-7-9(14)4-5-11(12)13(17)16-15-8-10-3-2-6-19-10/h2-8H,1H3,(H,16,17)/b15-8-. The predicted octanol–water partition coefficient (Wildman–Crippen LogP) is 3.28. The first-order chi connectivity index (χ1) is 9.20. The molecule has 0 aliphatic heterocycles. The second-order valence-electron chi connectivity index (χ2n) is 3.56. The molecule has 19 heavy (non-hydrogen) atoms. The Kier molecular flexibility index (Phi) is 4.70. The lowest BCUT2D eigenvalue weighted by Crippen LogP contribution is -2.18. The minimum absolute atomic E-state index is 0.308. The topological polar surface area (TPSA) is 50.7 Å². The monoisotopic (exact) mass is 338 g/mol. The predicted molar refractivity (Wildman–Crippen MR) is 80.1 cm³/mol. The normalized spacial score (nSPS) is 10.6. The Bertz CT molecular complexity index is 597. The average molecular weight is 339 g/mol. The molecule has 0 aliphatic rings. The van der Waals surface area contributed by atoms with Gasteiger partial charge in [-0.3, -0.25) is 4.79 Å². The zero-order valence-corrected chi connectivity index (χ0v) is 12.5. The van der Waals surface area contributed by atoms with Crippen molar-refractivity contribution in [2.75, 3.05) is 7.11 Å². The van der Waals surface area contributed by atoms with Crippen LogP contribution < -0.4 is 10.2 Å². The smallest absolute Gasteiger partial charge is 0.275 e. The van der Waals surface area contributed by atoms with Crippen molar-refractivity contribution in [1.29, 1.82) is 0 Å². The number of halogens is 1. The third kappa shape index (κ3) is 3.65. The van der Waals surface area contributed by atoms with Gasteiger partial charge in [-0.05, 0) is 29.6 Å². The van der Waals surface area contributed by atoms with Crippen LogP contribution in [0.15, 0.2) is 45.3 Å². The number of hydrogen-bond donors (Lipinski definition) is 1. The number of thiophene rings is 1. The number of nitrogens with one attached hydrogen (secondary N) is 1. The van der Waals surface area contributed by atoms with Crippen molar-refractivity contribution in [1.82, 2.24) is 5.43 Å². The molecule has 4 nitrogen and oxygen atoms in total. The van der Waals surface area contributed by atoms with E-state index in [1.807, 2.05) is 17.5 Å². The molecule has 0 aliphatic carbocycles. The van der Waals surface area contributed by atoms with Crippen molar-refractivity contribution in [3.05, 3.63) is 50.6 Å². The molecule has 98 valence electrons.